The van der Waals surface area contributed by atoms with Crippen LogP contribution in [-0.4, -0.2) is 57.4 Å². The minimum absolute atomic E-state index is 0.00967. The van der Waals surface area contributed by atoms with E-state index in [1.54, 1.807) is 0 Å². The Labute approximate surface area is 671 Å². The average Bonchev–Trinajstić information content (AvgIpc) is 0.784. The Morgan fingerprint density at radius 1 is 0.264 bits per heavy atom. The van der Waals surface area contributed by atoms with E-state index in [0.717, 1.165) is 104 Å². The molecule has 0 bridgehead atoms. The monoisotopic (exact) mass is 1510 g/mol. The van der Waals surface area contributed by atoms with Crippen LogP contribution in [0.3, 0.4) is 0 Å². The summed E-state index contributed by atoms with van der Waals surface area (Å²) in [5.74, 6) is 2.38. The number of benzene rings is 7. The van der Waals surface area contributed by atoms with Crippen molar-refractivity contribution in [3.63, 3.8) is 0 Å². The molecule has 0 unspecified atom stereocenters. The van der Waals surface area contributed by atoms with Crippen LogP contribution in [0, 0.1) is 13.8 Å². The molecular weight excluding hydrogens is 1350 g/mol. The molecule has 0 saturated heterocycles. The van der Waals surface area contributed by atoms with Crippen LogP contribution < -0.4 is 0 Å². The molecular formula is C101H155N3O6. The van der Waals surface area contributed by atoms with Gasteiger partial charge in [-0.3, -0.25) is 14.7 Å². The van der Waals surface area contributed by atoms with Gasteiger partial charge < -0.3 is 30.6 Å². The van der Waals surface area contributed by atoms with Crippen molar-refractivity contribution < 1.29 is 30.6 Å². The molecule has 0 amide bonds. The summed E-state index contributed by atoms with van der Waals surface area (Å²) in [4.78, 5) is 7.04. The van der Waals surface area contributed by atoms with E-state index in [-0.39, 0.29) is 66.2 Å². The van der Waals surface area contributed by atoms with Crippen molar-refractivity contribution in [2.24, 2.45) is 0 Å². The standard InChI is InChI=1S/C41H61NO2.C33H53NO2.C27H41NO2/c1-13-38(5,6)32-22-30(36(43)34(24-32)40(9,10)15-3)27-42(26-29-20-18-17-19-21-29)28-31-23-33(39(7,8)14-2)25-35(37(31)44)41(11,12)16-4;1-21(2)34(19-22-15-24(30(3,4)5)17-26(28(22)35)32(9,10)11)20-23-16-25(31(6,7)8)18-27(29(23)36)33(12,13)14;1-17(2)28(15-20-11-18(3)13-22(24(20)29)26(5,6)7)16-21-12-19(4)14-23(25(21)30)27(8,9)10/h17-25,43-44H,13-16,26-28H2,1-12H3;15-18,21,35-36H,19-20H2,1-14H3;11-14,17,29-30H,15-16H2,1-10H3. The van der Waals surface area contributed by atoms with Crippen LogP contribution in [-0.2, 0) is 100.0 Å². The van der Waals surface area contributed by atoms with Crippen molar-refractivity contribution in [1.29, 1.82) is 0 Å². The molecule has 6 N–H and O–H groups in total. The quantitative estimate of drug-likeness (QED) is 0.0350. The summed E-state index contributed by atoms with van der Waals surface area (Å²) in [7, 11) is 0. The Morgan fingerprint density at radius 2 is 0.500 bits per heavy atom. The van der Waals surface area contributed by atoms with Gasteiger partial charge in [-0.15, -0.1) is 0 Å². The maximum Gasteiger partial charge on any atom is 0.123 e. The lowest BCUT2D eigenvalue weighted by atomic mass is 9.75. The van der Waals surface area contributed by atoms with Gasteiger partial charge in [0.1, 0.15) is 34.5 Å². The lowest BCUT2D eigenvalue weighted by molar-refractivity contribution is 0.198. The molecule has 0 aromatic heterocycles. The lowest BCUT2D eigenvalue weighted by Gasteiger charge is -2.33. The fraction of sp³-hybridized carbons (Fsp3) is 0.584. The number of nitrogens with zero attached hydrogens (tertiary/aromatic N) is 3. The Hall–Kier alpha value is -6.78. The smallest absolute Gasteiger partial charge is 0.123 e. The average molecular weight is 1510 g/mol. The van der Waals surface area contributed by atoms with Gasteiger partial charge in [-0.25, -0.2) is 0 Å². The third-order valence-electron chi connectivity index (χ3n) is 23.9. The van der Waals surface area contributed by atoms with Gasteiger partial charge in [0, 0.05) is 102 Å². The molecule has 0 aliphatic heterocycles. The van der Waals surface area contributed by atoms with Gasteiger partial charge in [0.05, 0.1) is 0 Å². The number of hydrogen-bond acceptors (Lipinski definition) is 9. The van der Waals surface area contributed by atoms with Crippen molar-refractivity contribution in [2.75, 3.05) is 0 Å². The maximum absolute atomic E-state index is 11.8. The topological polar surface area (TPSA) is 131 Å². The van der Waals surface area contributed by atoms with Crippen molar-refractivity contribution >= 4 is 0 Å². The van der Waals surface area contributed by atoms with Gasteiger partial charge in [0.2, 0.25) is 0 Å². The molecule has 9 nitrogen and oxygen atoms in total. The highest BCUT2D eigenvalue weighted by Gasteiger charge is 2.35. The summed E-state index contributed by atoms with van der Waals surface area (Å²) in [6.45, 7) is 83.2. The zero-order chi connectivity index (χ0) is 84.1. The zero-order valence-electron chi connectivity index (χ0n) is 76.3. The number of aromatic hydroxyl groups is 6. The molecule has 0 aliphatic carbocycles. The van der Waals surface area contributed by atoms with Crippen LogP contribution in [0.1, 0.15) is 367 Å². The van der Waals surface area contributed by atoms with Gasteiger partial charge >= 0.3 is 0 Å². The van der Waals surface area contributed by atoms with E-state index in [0.29, 0.717) is 80.3 Å². The summed E-state index contributed by atoms with van der Waals surface area (Å²) >= 11 is 0. The third kappa shape index (κ3) is 24.1. The molecule has 110 heavy (non-hydrogen) atoms. The summed E-state index contributed by atoms with van der Waals surface area (Å²) < 4.78 is 0. The van der Waals surface area contributed by atoms with E-state index in [4.69, 9.17) is 0 Å². The lowest BCUT2D eigenvalue weighted by Crippen LogP contribution is -2.31. The second-order valence-corrected chi connectivity index (χ2v) is 41.8. The Balaban J connectivity index is 0.000000301. The summed E-state index contributed by atoms with van der Waals surface area (Å²) in [6.07, 6.45) is 3.91. The minimum atomic E-state index is -0.163. The first-order chi connectivity index (χ1) is 50.1. The number of hydrogen-bond donors (Lipinski definition) is 6. The Morgan fingerprint density at radius 3 is 0.755 bits per heavy atom. The number of aryl methyl sites for hydroxylation is 2. The van der Waals surface area contributed by atoms with Crippen LogP contribution >= 0.6 is 0 Å². The Kier molecular flexibility index (Phi) is 30.5. The largest absolute Gasteiger partial charge is 0.507 e. The summed E-state index contributed by atoms with van der Waals surface area (Å²) in [5.41, 5.74) is 19.3. The first-order valence-electron chi connectivity index (χ1n) is 41.4. The number of phenols is 6. The van der Waals surface area contributed by atoms with Gasteiger partial charge in [0.15, 0.2) is 0 Å². The molecule has 0 atom stereocenters. The van der Waals surface area contributed by atoms with Crippen molar-refractivity contribution in [3.05, 3.63) is 209 Å². The molecule has 0 heterocycles. The Bertz CT molecular complexity index is 3970. The van der Waals surface area contributed by atoms with Crippen LogP contribution in [0.4, 0.5) is 0 Å². The van der Waals surface area contributed by atoms with Crippen LogP contribution in [0.15, 0.2) is 103 Å². The van der Waals surface area contributed by atoms with E-state index in [2.05, 4.69) is 367 Å². The second kappa shape index (κ2) is 35.7. The van der Waals surface area contributed by atoms with Gasteiger partial charge in [0.25, 0.3) is 0 Å². The first-order valence-corrected chi connectivity index (χ1v) is 41.4. The molecule has 0 aliphatic rings. The van der Waals surface area contributed by atoms with Gasteiger partial charge in [-0.2, -0.15) is 0 Å². The molecule has 610 valence electrons. The molecule has 7 aromatic carbocycles. The number of rotatable bonds is 24. The fourth-order valence-corrected chi connectivity index (χ4v) is 14.2. The highest BCUT2D eigenvalue weighted by molar-refractivity contribution is 5.54. The maximum atomic E-state index is 11.8. The molecule has 9 heteroatoms. The molecule has 0 spiro atoms. The van der Waals surface area contributed by atoms with Crippen molar-refractivity contribution in [1.82, 2.24) is 14.7 Å². The normalized spacial score (nSPS) is 13.2. The van der Waals surface area contributed by atoms with E-state index >= 15 is 0 Å². The molecule has 7 aromatic rings. The molecule has 7 rings (SSSR count). The predicted octanol–water partition coefficient (Wildman–Crippen LogP) is 26.5. The number of phenolic OH excluding ortho intramolecular Hbond substituents is 6. The fourth-order valence-electron chi connectivity index (χ4n) is 14.2. The highest BCUT2D eigenvalue weighted by atomic mass is 16.3. The van der Waals surface area contributed by atoms with Gasteiger partial charge in [-0.1, -0.05) is 322 Å². The van der Waals surface area contributed by atoms with Gasteiger partial charge in [-0.05, 0) is 171 Å². The van der Waals surface area contributed by atoms with E-state index in [1.165, 1.54) is 27.8 Å². The van der Waals surface area contributed by atoms with Crippen LogP contribution in [0.2, 0.25) is 0 Å². The zero-order valence-corrected chi connectivity index (χ0v) is 76.3. The van der Waals surface area contributed by atoms with E-state index in [9.17, 15) is 30.6 Å². The second-order valence-electron chi connectivity index (χ2n) is 41.8. The van der Waals surface area contributed by atoms with Crippen LogP contribution in [0.25, 0.3) is 0 Å². The SMILES string of the molecule is CC(C)N(Cc1cc(C(C)(C)C)cc(C(C)(C)C)c1O)Cc1cc(C(C)(C)C)cc(C(C)(C)C)c1O.CCC(C)(C)c1cc(CN(Cc2ccccc2)Cc2cc(C(C)(C)CC)cc(C(C)(C)CC)c2O)c(O)c(C(C)(C)CC)c1.Cc1cc(CN(Cc2cc(C)cc(C(C)(C)C)c2O)C(C)C)c(O)c(C(C)(C)C)c1. The summed E-state index contributed by atoms with van der Waals surface area (Å²) in [5, 5.41) is 68.5. The van der Waals surface area contributed by atoms with Crippen molar-refractivity contribution in [2.45, 2.75) is 387 Å². The minimum Gasteiger partial charge on any atom is -0.507 e. The molecule has 0 fully saturated rings. The summed E-state index contributed by atoms with van der Waals surface area (Å²) in [6, 6.07) is 37.0. The first kappa shape index (κ1) is 93.8. The third-order valence-corrected chi connectivity index (χ3v) is 23.9. The highest BCUT2D eigenvalue weighted by Crippen LogP contribution is 2.47. The molecule has 0 radical (unpaired) electrons. The van der Waals surface area contributed by atoms with E-state index < -0.39 is 0 Å². The molecule has 0 saturated carbocycles. The van der Waals surface area contributed by atoms with E-state index in [1.807, 2.05) is 0 Å². The van der Waals surface area contributed by atoms with Crippen molar-refractivity contribution in [3.8, 4) is 34.5 Å². The van der Waals surface area contributed by atoms with Crippen LogP contribution in [0.5, 0.6) is 34.5 Å². The predicted molar refractivity (Wildman–Crippen MR) is 472 cm³/mol.